The molecule has 0 radical (unpaired) electrons. The highest BCUT2D eigenvalue weighted by molar-refractivity contribution is 5.92. The van der Waals surface area contributed by atoms with Crippen LogP contribution in [0.4, 0.5) is 4.79 Å². The molecule has 7 heteroatoms. The monoisotopic (exact) mass is 363 g/mol. The van der Waals surface area contributed by atoms with Crippen LogP contribution < -0.4 is 11.1 Å². The number of alkyl carbamates (subject to hydrolysis) is 1. The summed E-state index contributed by atoms with van der Waals surface area (Å²) in [4.78, 5) is 38.7. The van der Waals surface area contributed by atoms with E-state index >= 15 is 0 Å². The minimum Gasteiger partial charge on any atom is -0.444 e. The molecule has 26 heavy (non-hydrogen) atoms. The fourth-order valence-corrected chi connectivity index (χ4v) is 3.83. The first-order chi connectivity index (χ1) is 12.1. The number of primary amides is 1. The maximum Gasteiger partial charge on any atom is 0.408 e. The van der Waals surface area contributed by atoms with Gasteiger partial charge in [-0.15, -0.1) is 6.42 Å². The second-order valence-electron chi connectivity index (χ2n) is 8.09. The molecule has 1 saturated carbocycles. The van der Waals surface area contributed by atoms with E-state index in [0.29, 0.717) is 12.8 Å². The minimum atomic E-state index is -0.761. The van der Waals surface area contributed by atoms with Gasteiger partial charge in [0.25, 0.3) is 0 Å². The molecule has 0 spiro atoms. The molecule has 1 aliphatic carbocycles. The first kappa shape index (κ1) is 20.1. The molecule has 0 aromatic rings. The van der Waals surface area contributed by atoms with Crippen molar-refractivity contribution in [2.75, 3.05) is 0 Å². The van der Waals surface area contributed by atoms with Gasteiger partial charge in [-0.3, -0.25) is 9.59 Å². The van der Waals surface area contributed by atoms with Crippen LogP contribution >= 0.6 is 0 Å². The highest BCUT2D eigenvalue weighted by Crippen LogP contribution is 2.32. The summed E-state index contributed by atoms with van der Waals surface area (Å²) in [6.45, 7) is 5.28. The summed E-state index contributed by atoms with van der Waals surface area (Å²) in [5.41, 5.74) is 4.80. The van der Waals surface area contributed by atoms with Crippen molar-refractivity contribution in [1.82, 2.24) is 10.2 Å². The van der Waals surface area contributed by atoms with E-state index in [4.69, 9.17) is 16.9 Å². The highest BCUT2D eigenvalue weighted by Gasteiger charge is 2.44. The van der Waals surface area contributed by atoms with E-state index in [2.05, 4.69) is 11.2 Å². The number of nitrogens with two attached hydrogens (primary N) is 1. The van der Waals surface area contributed by atoms with Crippen LogP contribution in [-0.4, -0.2) is 46.5 Å². The molecule has 2 aliphatic rings. The normalized spacial score (nSPS) is 24.8. The third-order valence-electron chi connectivity index (χ3n) is 4.97. The molecule has 1 aliphatic heterocycles. The van der Waals surface area contributed by atoms with Crippen molar-refractivity contribution < 1.29 is 19.1 Å². The van der Waals surface area contributed by atoms with Gasteiger partial charge in [0.05, 0.1) is 6.04 Å². The summed E-state index contributed by atoms with van der Waals surface area (Å²) in [5.74, 6) is 1.66. The standard InChI is InChI=1S/C19H29N3O4/c1-5-13-10-11-14(16(20)23)22(13)17(24)15(12-8-6-7-9-12)21-18(25)26-19(2,3)4/h1,12-15H,6-11H2,2-4H3,(H2,20,23)(H,21,25)/t13-,14-,15-/m0/s1. The van der Waals surface area contributed by atoms with Crippen LogP contribution in [0.15, 0.2) is 0 Å². The second-order valence-corrected chi connectivity index (χ2v) is 8.09. The molecule has 0 aromatic carbocycles. The van der Waals surface area contributed by atoms with E-state index in [1.165, 1.54) is 4.90 Å². The molecule has 3 amide bonds. The van der Waals surface area contributed by atoms with Crippen LogP contribution in [0.3, 0.4) is 0 Å². The topological polar surface area (TPSA) is 102 Å². The Balaban J connectivity index is 2.23. The number of likely N-dealkylation sites (tertiary alicyclic amines) is 1. The molecule has 0 bridgehead atoms. The number of carbonyl (C=O) groups excluding carboxylic acids is 3. The summed E-state index contributed by atoms with van der Waals surface area (Å²) in [7, 11) is 0. The Morgan fingerprint density at radius 1 is 1.19 bits per heavy atom. The zero-order valence-corrected chi connectivity index (χ0v) is 15.8. The number of nitrogens with one attached hydrogen (secondary N) is 1. The average Bonchev–Trinajstić information content (AvgIpc) is 3.19. The lowest BCUT2D eigenvalue weighted by Gasteiger charge is -2.33. The number of ether oxygens (including phenoxy) is 1. The van der Waals surface area contributed by atoms with Crippen LogP contribution in [0.2, 0.25) is 0 Å². The maximum atomic E-state index is 13.3. The Bertz CT molecular complexity index is 599. The molecule has 1 saturated heterocycles. The molecule has 0 aromatic heterocycles. The van der Waals surface area contributed by atoms with E-state index in [1.807, 2.05) is 0 Å². The van der Waals surface area contributed by atoms with E-state index in [9.17, 15) is 14.4 Å². The number of hydrogen-bond donors (Lipinski definition) is 2. The minimum absolute atomic E-state index is 0.00238. The molecular weight excluding hydrogens is 334 g/mol. The summed E-state index contributed by atoms with van der Waals surface area (Å²) in [6.07, 6.45) is 9.56. The molecule has 144 valence electrons. The van der Waals surface area contributed by atoms with Crippen molar-refractivity contribution in [1.29, 1.82) is 0 Å². The van der Waals surface area contributed by atoms with Crippen molar-refractivity contribution in [3.63, 3.8) is 0 Å². The molecule has 2 rings (SSSR count). The number of carbonyl (C=O) groups is 3. The third-order valence-corrected chi connectivity index (χ3v) is 4.97. The van der Waals surface area contributed by atoms with E-state index in [0.717, 1.165) is 25.7 Å². The summed E-state index contributed by atoms with van der Waals surface area (Å²) >= 11 is 0. The lowest BCUT2D eigenvalue weighted by molar-refractivity contribution is -0.141. The molecule has 3 atom stereocenters. The van der Waals surface area contributed by atoms with Gasteiger partial charge in [-0.1, -0.05) is 18.8 Å². The predicted octanol–water partition coefficient (Wildman–Crippen LogP) is 1.55. The van der Waals surface area contributed by atoms with Crippen LogP contribution in [0.25, 0.3) is 0 Å². The predicted molar refractivity (Wildman–Crippen MR) is 96.8 cm³/mol. The Morgan fingerprint density at radius 3 is 2.31 bits per heavy atom. The number of terminal acetylenes is 1. The Labute approximate surface area is 155 Å². The lowest BCUT2D eigenvalue weighted by atomic mass is 9.96. The number of nitrogens with zero attached hydrogens (tertiary/aromatic N) is 1. The molecule has 7 nitrogen and oxygen atoms in total. The lowest BCUT2D eigenvalue weighted by Crippen LogP contribution is -2.57. The van der Waals surface area contributed by atoms with E-state index in [-0.39, 0.29) is 11.8 Å². The van der Waals surface area contributed by atoms with Gasteiger partial charge in [-0.25, -0.2) is 4.79 Å². The van der Waals surface area contributed by atoms with Crippen LogP contribution in [0, 0.1) is 18.3 Å². The van der Waals surface area contributed by atoms with Gasteiger partial charge in [-0.2, -0.15) is 0 Å². The van der Waals surface area contributed by atoms with Gasteiger partial charge in [-0.05, 0) is 52.4 Å². The molecule has 2 fully saturated rings. The molecule has 1 heterocycles. The van der Waals surface area contributed by atoms with Crippen LogP contribution in [-0.2, 0) is 14.3 Å². The van der Waals surface area contributed by atoms with Crippen molar-refractivity contribution in [2.24, 2.45) is 11.7 Å². The maximum absolute atomic E-state index is 13.3. The third kappa shape index (κ3) is 4.69. The SMILES string of the molecule is C#C[C@H]1CC[C@@H](C(N)=O)N1C(=O)[C@@H](NC(=O)OC(C)(C)C)C1CCCC1. The van der Waals surface area contributed by atoms with Crippen molar-refractivity contribution in [2.45, 2.75) is 83.0 Å². The first-order valence-electron chi connectivity index (χ1n) is 9.21. The Morgan fingerprint density at radius 2 is 1.81 bits per heavy atom. The van der Waals surface area contributed by atoms with Gasteiger partial charge in [0.2, 0.25) is 11.8 Å². The molecule has 3 N–H and O–H groups in total. The number of hydrogen-bond acceptors (Lipinski definition) is 4. The summed E-state index contributed by atoms with van der Waals surface area (Å²) in [6, 6.07) is -1.97. The average molecular weight is 363 g/mol. The fourth-order valence-electron chi connectivity index (χ4n) is 3.83. The quantitative estimate of drug-likeness (QED) is 0.740. The van der Waals surface area contributed by atoms with Crippen molar-refractivity contribution in [3.05, 3.63) is 0 Å². The summed E-state index contributed by atoms with van der Waals surface area (Å²) in [5, 5.41) is 2.72. The molecule has 0 unspecified atom stereocenters. The smallest absolute Gasteiger partial charge is 0.408 e. The Kier molecular flexibility index (Phi) is 6.17. The zero-order chi connectivity index (χ0) is 19.5. The van der Waals surface area contributed by atoms with Crippen LogP contribution in [0.5, 0.6) is 0 Å². The van der Waals surface area contributed by atoms with E-state index in [1.54, 1.807) is 20.8 Å². The van der Waals surface area contributed by atoms with Gasteiger partial charge in [0, 0.05) is 0 Å². The van der Waals surface area contributed by atoms with Gasteiger partial charge in [0.15, 0.2) is 0 Å². The fraction of sp³-hybridized carbons (Fsp3) is 0.737. The number of amides is 3. The van der Waals surface area contributed by atoms with Crippen LogP contribution in [0.1, 0.15) is 59.3 Å². The zero-order valence-electron chi connectivity index (χ0n) is 15.8. The molecular formula is C19H29N3O4. The first-order valence-corrected chi connectivity index (χ1v) is 9.21. The van der Waals surface area contributed by atoms with Gasteiger partial charge < -0.3 is 20.7 Å². The van der Waals surface area contributed by atoms with Crippen molar-refractivity contribution in [3.8, 4) is 12.3 Å². The van der Waals surface area contributed by atoms with Gasteiger partial charge in [0.1, 0.15) is 17.7 Å². The summed E-state index contributed by atoms with van der Waals surface area (Å²) < 4.78 is 5.32. The van der Waals surface area contributed by atoms with Crippen molar-refractivity contribution >= 4 is 17.9 Å². The second kappa shape index (κ2) is 7.98. The number of rotatable bonds is 4. The largest absolute Gasteiger partial charge is 0.444 e. The van der Waals surface area contributed by atoms with E-state index < -0.39 is 35.7 Å². The van der Waals surface area contributed by atoms with Gasteiger partial charge >= 0.3 is 6.09 Å². The highest BCUT2D eigenvalue weighted by atomic mass is 16.6. The Hall–Kier alpha value is -2.23.